The van der Waals surface area contributed by atoms with E-state index in [1.54, 1.807) is 0 Å². The molecule has 1 atom stereocenters. The standard InChI is InChI=1S/C15H13ClN2O4/c1-3-4-12-13(19)18(15(21)17-12)8-10-7-9(14(20)22-2)5-6-11(10)16/h1,5-7,12H,4,8H2,2H3,(H,17,21)/t12-/m0/s1. The lowest BCUT2D eigenvalue weighted by atomic mass is 10.1. The van der Waals surface area contributed by atoms with E-state index in [0.29, 0.717) is 10.6 Å². The fraction of sp³-hybridized carbons (Fsp3) is 0.267. The van der Waals surface area contributed by atoms with E-state index >= 15 is 0 Å². The molecule has 3 amide bonds. The summed E-state index contributed by atoms with van der Waals surface area (Å²) in [7, 11) is 1.26. The lowest BCUT2D eigenvalue weighted by Crippen LogP contribution is -2.31. The number of hydrogen-bond donors (Lipinski definition) is 1. The molecule has 7 heteroatoms. The molecule has 1 N–H and O–H groups in total. The van der Waals surface area contributed by atoms with Crippen LogP contribution < -0.4 is 5.32 Å². The summed E-state index contributed by atoms with van der Waals surface area (Å²) in [5, 5.41) is 2.84. The van der Waals surface area contributed by atoms with Gasteiger partial charge in [0.15, 0.2) is 0 Å². The van der Waals surface area contributed by atoms with Crippen LogP contribution in [0.15, 0.2) is 18.2 Å². The van der Waals surface area contributed by atoms with E-state index in [1.165, 1.54) is 25.3 Å². The Morgan fingerprint density at radius 1 is 1.50 bits per heavy atom. The van der Waals surface area contributed by atoms with Crippen molar-refractivity contribution in [2.45, 2.75) is 19.0 Å². The number of halogens is 1. The number of esters is 1. The van der Waals surface area contributed by atoms with Crippen molar-refractivity contribution in [2.75, 3.05) is 7.11 Å². The Morgan fingerprint density at radius 3 is 2.86 bits per heavy atom. The van der Waals surface area contributed by atoms with Gasteiger partial charge in [0.05, 0.1) is 19.2 Å². The molecule has 2 rings (SSSR count). The molecule has 1 heterocycles. The van der Waals surface area contributed by atoms with Crippen LogP contribution in [0.1, 0.15) is 22.3 Å². The summed E-state index contributed by atoms with van der Waals surface area (Å²) in [5.74, 6) is 1.40. The number of terminal acetylenes is 1. The van der Waals surface area contributed by atoms with Crippen molar-refractivity contribution in [1.82, 2.24) is 10.2 Å². The Kier molecular flexibility index (Phi) is 4.68. The number of methoxy groups -OCH3 is 1. The van der Waals surface area contributed by atoms with Crippen LogP contribution in [0.25, 0.3) is 0 Å². The summed E-state index contributed by atoms with van der Waals surface area (Å²) in [4.78, 5) is 36.5. The van der Waals surface area contributed by atoms with E-state index in [0.717, 1.165) is 4.90 Å². The minimum absolute atomic E-state index is 0.0462. The van der Waals surface area contributed by atoms with Crippen molar-refractivity contribution in [3.63, 3.8) is 0 Å². The number of urea groups is 1. The molecule has 0 spiro atoms. The number of benzene rings is 1. The van der Waals surface area contributed by atoms with Gasteiger partial charge >= 0.3 is 12.0 Å². The summed E-state index contributed by atoms with van der Waals surface area (Å²) < 4.78 is 4.63. The van der Waals surface area contributed by atoms with E-state index < -0.39 is 23.9 Å². The van der Waals surface area contributed by atoms with Gasteiger partial charge in [-0.1, -0.05) is 11.6 Å². The van der Waals surface area contributed by atoms with Gasteiger partial charge in [0.2, 0.25) is 0 Å². The molecule has 6 nitrogen and oxygen atoms in total. The van der Waals surface area contributed by atoms with Gasteiger partial charge < -0.3 is 10.1 Å². The number of carbonyl (C=O) groups is 3. The van der Waals surface area contributed by atoms with Crippen LogP contribution in [0.3, 0.4) is 0 Å². The summed E-state index contributed by atoms with van der Waals surface area (Å²) >= 11 is 6.06. The lowest BCUT2D eigenvalue weighted by molar-refractivity contribution is -0.127. The first-order chi connectivity index (χ1) is 10.5. The van der Waals surface area contributed by atoms with Crippen LogP contribution in [0.5, 0.6) is 0 Å². The maximum atomic E-state index is 12.1. The van der Waals surface area contributed by atoms with Gasteiger partial charge in [-0.15, -0.1) is 12.3 Å². The van der Waals surface area contributed by atoms with Crippen molar-refractivity contribution < 1.29 is 19.1 Å². The molecule has 0 saturated carbocycles. The number of nitrogens with zero attached hydrogens (tertiary/aromatic N) is 1. The SMILES string of the molecule is C#CC[C@@H]1NC(=O)N(Cc2cc(C(=O)OC)ccc2Cl)C1=O. The predicted molar refractivity (Wildman–Crippen MR) is 79.1 cm³/mol. The molecular formula is C15H13ClN2O4. The highest BCUT2D eigenvalue weighted by atomic mass is 35.5. The number of imide groups is 1. The minimum atomic E-state index is -0.722. The second-order valence-corrected chi connectivity index (χ2v) is 5.04. The Morgan fingerprint density at radius 2 is 2.23 bits per heavy atom. The fourth-order valence-corrected chi connectivity index (χ4v) is 2.27. The highest BCUT2D eigenvalue weighted by Gasteiger charge is 2.37. The minimum Gasteiger partial charge on any atom is -0.465 e. The van der Waals surface area contributed by atoms with Crippen LogP contribution in [-0.4, -0.2) is 36.0 Å². The molecule has 0 bridgehead atoms. The summed E-state index contributed by atoms with van der Waals surface area (Å²) in [6.45, 7) is -0.0462. The molecule has 0 aromatic heterocycles. The van der Waals surface area contributed by atoms with Gasteiger partial charge in [-0.05, 0) is 23.8 Å². The maximum Gasteiger partial charge on any atom is 0.337 e. The van der Waals surface area contributed by atoms with Crippen molar-refractivity contribution in [2.24, 2.45) is 0 Å². The van der Waals surface area contributed by atoms with Crippen molar-refractivity contribution in [3.05, 3.63) is 34.3 Å². The maximum absolute atomic E-state index is 12.1. The monoisotopic (exact) mass is 320 g/mol. The first kappa shape index (κ1) is 15.9. The Labute approximate surface area is 132 Å². The predicted octanol–water partition coefficient (Wildman–Crippen LogP) is 1.57. The zero-order chi connectivity index (χ0) is 16.3. The second kappa shape index (κ2) is 6.50. The molecule has 1 aliphatic rings. The van der Waals surface area contributed by atoms with E-state index in [1.807, 2.05) is 0 Å². The van der Waals surface area contributed by atoms with E-state index in [9.17, 15) is 14.4 Å². The number of ether oxygens (including phenoxy) is 1. The molecule has 114 valence electrons. The Balaban J connectivity index is 2.24. The van der Waals surface area contributed by atoms with E-state index in [-0.39, 0.29) is 18.5 Å². The molecular weight excluding hydrogens is 308 g/mol. The Bertz CT molecular complexity index is 681. The van der Waals surface area contributed by atoms with Gasteiger partial charge in [0, 0.05) is 11.4 Å². The first-order valence-corrected chi connectivity index (χ1v) is 6.77. The van der Waals surface area contributed by atoms with Crippen LogP contribution in [-0.2, 0) is 16.1 Å². The third-order valence-corrected chi connectivity index (χ3v) is 3.59. The zero-order valence-corrected chi connectivity index (χ0v) is 12.5. The summed E-state index contributed by atoms with van der Waals surface area (Å²) in [5.41, 5.74) is 0.753. The third-order valence-electron chi connectivity index (χ3n) is 3.22. The van der Waals surface area contributed by atoms with Gasteiger partial charge in [0.25, 0.3) is 5.91 Å². The van der Waals surface area contributed by atoms with Crippen LogP contribution in [0, 0.1) is 12.3 Å². The van der Waals surface area contributed by atoms with Gasteiger partial charge in [-0.25, -0.2) is 9.59 Å². The highest BCUT2D eigenvalue weighted by Crippen LogP contribution is 2.22. The second-order valence-electron chi connectivity index (χ2n) is 4.63. The van der Waals surface area contributed by atoms with Crippen molar-refractivity contribution in [1.29, 1.82) is 0 Å². The lowest BCUT2D eigenvalue weighted by Gasteiger charge is -2.14. The molecule has 0 radical (unpaired) electrons. The van der Waals surface area contributed by atoms with Crippen molar-refractivity contribution in [3.8, 4) is 12.3 Å². The van der Waals surface area contributed by atoms with Gasteiger partial charge in [-0.2, -0.15) is 0 Å². The average Bonchev–Trinajstić information content (AvgIpc) is 2.76. The average molecular weight is 321 g/mol. The number of amides is 3. The molecule has 1 aromatic rings. The van der Waals surface area contributed by atoms with E-state index in [4.69, 9.17) is 18.0 Å². The topological polar surface area (TPSA) is 75.7 Å². The number of carbonyl (C=O) groups excluding carboxylic acids is 3. The normalized spacial score (nSPS) is 17.1. The molecule has 1 fully saturated rings. The van der Waals surface area contributed by atoms with Crippen molar-refractivity contribution >= 4 is 29.5 Å². The molecule has 1 saturated heterocycles. The molecule has 1 aromatic carbocycles. The fourth-order valence-electron chi connectivity index (χ4n) is 2.09. The zero-order valence-electron chi connectivity index (χ0n) is 11.8. The van der Waals surface area contributed by atoms with Crippen LogP contribution in [0.2, 0.25) is 5.02 Å². The highest BCUT2D eigenvalue weighted by molar-refractivity contribution is 6.31. The summed E-state index contributed by atoms with van der Waals surface area (Å²) in [6, 6.07) is 3.25. The summed E-state index contributed by atoms with van der Waals surface area (Å²) in [6.07, 6.45) is 5.28. The third kappa shape index (κ3) is 3.05. The number of hydrogen-bond acceptors (Lipinski definition) is 4. The molecule has 22 heavy (non-hydrogen) atoms. The number of rotatable bonds is 4. The van der Waals surface area contributed by atoms with E-state index in [2.05, 4.69) is 16.0 Å². The van der Waals surface area contributed by atoms with Gasteiger partial charge in [0.1, 0.15) is 6.04 Å². The smallest absolute Gasteiger partial charge is 0.337 e. The number of nitrogens with one attached hydrogen (secondary N) is 1. The molecule has 0 unspecified atom stereocenters. The van der Waals surface area contributed by atoms with Gasteiger partial charge in [-0.3, -0.25) is 9.69 Å². The largest absolute Gasteiger partial charge is 0.465 e. The Hall–Kier alpha value is -2.52. The van der Waals surface area contributed by atoms with Crippen LogP contribution in [0.4, 0.5) is 4.79 Å². The van der Waals surface area contributed by atoms with Crippen LogP contribution >= 0.6 is 11.6 Å². The molecule has 1 aliphatic heterocycles. The first-order valence-electron chi connectivity index (χ1n) is 6.40. The quantitative estimate of drug-likeness (QED) is 0.519. The molecule has 0 aliphatic carbocycles.